The lowest BCUT2D eigenvalue weighted by atomic mass is 9.83. The van der Waals surface area contributed by atoms with Gasteiger partial charge in [-0.3, -0.25) is 9.78 Å². The van der Waals surface area contributed by atoms with Crippen LogP contribution >= 0.6 is 11.6 Å². The van der Waals surface area contributed by atoms with Crippen molar-refractivity contribution in [3.8, 4) is 0 Å². The zero-order chi connectivity index (χ0) is 13.8. The number of hydrogen-bond acceptors (Lipinski definition) is 2. The molecule has 0 aromatic carbocycles. The molecular formula is C15H20ClNO. The molecule has 3 heteroatoms. The maximum Gasteiger partial charge on any atom is 0.155 e. The molecule has 0 unspecified atom stereocenters. The molecule has 0 atom stereocenters. The molecular weight excluding hydrogens is 246 g/mol. The van der Waals surface area contributed by atoms with Gasteiger partial charge in [0.2, 0.25) is 0 Å². The fourth-order valence-corrected chi connectivity index (χ4v) is 1.86. The molecule has 1 heterocycles. The molecule has 0 amide bonds. The summed E-state index contributed by atoms with van der Waals surface area (Å²) in [6.45, 7) is 7.73. The number of aromatic nitrogens is 1. The van der Waals surface area contributed by atoms with E-state index >= 15 is 0 Å². The van der Waals surface area contributed by atoms with Gasteiger partial charge in [-0.25, -0.2) is 0 Å². The van der Waals surface area contributed by atoms with Crippen molar-refractivity contribution >= 4 is 17.4 Å². The highest BCUT2D eigenvalue weighted by Gasteiger charge is 2.21. The van der Waals surface area contributed by atoms with Crippen LogP contribution in [0.5, 0.6) is 0 Å². The molecule has 0 aliphatic rings. The Balaban J connectivity index is 2.71. The summed E-state index contributed by atoms with van der Waals surface area (Å²) in [6.07, 6.45) is 5.53. The van der Waals surface area contributed by atoms with Crippen LogP contribution in [0.15, 0.2) is 30.0 Å². The molecule has 0 bridgehead atoms. The average molecular weight is 266 g/mol. The zero-order valence-corrected chi connectivity index (χ0v) is 12.2. The second-order valence-electron chi connectivity index (χ2n) is 5.23. The minimum absolute atomic E-state index is 0.0432. The standard InChI is InChI=1S/C15H20ClNO/c1-11(12(2)18)6-5-8-15(3,4)14-10-13(16)7-9-17-14/h6-7,9-10H,5,8H2,1-4H3/b11-6+. The van der Waals surface area contributed by atoms with E-state index in [4.69, 9.17) is 11.6 Å². The number of rotatable bonds is 5. The molecule has 1 aromatic rings. The van der Waals surface area contributed by atoms with Crippen LogP contribution < -0.4 is 0 Å². The van der Waals surface area contributed by atoms with E-state index in [0.29, 0.717) is 5.02 Å². The van der Waals surface area contributed by atoms with Crippen molar-refractivity contribution < 1.29 is 4.79 Å². The molecule has 0 saturated carbocycles. The van der Waals surface area contributed by atoms with Gasteiger partial charge in [-0.05, 0) is 44.4 Å². The molecule has 0 aliphatic heterocycles. The van der Waals surface area contributed by atoms with Crippen LogP contribution in [-0.2, 0) is 10.2 Å². The first kappa shape index (κ1) is 14.9. The van der Waals surface area contributed by atoms with Crippen LogP contribution in [-0.4, -0.2) is 10.8 Å². The number of pyridine rings is 1. The fraction of sp³-hybridized carbons (Fsp3) is 0.467. The highest BCUT2D eigenvalue weighted by atomic mass is 35.5. The van der Waals surface area contributed by atoms with Gasteiger partial charge in [0.1, 0.15) is 0 Å². The summed E-state index contributed by atoms with van der Waals surface area (Å²) in [5, 5.41) is 0.712. The van der Waals surface area contributed by atoms with Gasteiger partial charge < -0.3 is 0 Å². The van der Waals surface area contributed by atoms with E-state index in [9.17, 15) is 4.79 Å². The number of Topliss-reactive ketones (excluding diaryl/α,β-unsaturated/α-hetero) is 1. The number of carbonyl (C=O) groups is 1. The Morgan fingerprint density at radius 3 is 2.67 bits per heavy atom. The largest absolute Gasteiger partial charge is 0.295 e. The first-order chi connectivity index (χ1) is 8.33. The average Bonchev–Trinajstić information content (AvgIpc) is 2.28. The molecule has 2 nitrogen and oxygen atoms in total. The van der Waals surface area contributed by atoms with Gasteiger partial charge in [0.25, 0.3) is 0 Å². The van der Waals surface area contributed by atoms with Crippen LogP contribution in [0.1, 0.15) is 46.2 Å². The quantitative estimate of drug-likeness (QED) is 0.742. The summed E-state index contributed by atoms with van der Waals surface area (Å²) in [5.41, 5.74) is 1.77. The Bertz CT molecular complexity index is 463. The van der Waals surface area contributed by atoms with E-state index in [1.807, 2.05) is 19.1 Å². The first-order valence-corrected chi connectivity index (χ1v) is 6.50. The summed E-state index contributed by atoms with van der Waals surface area (Å²) in [6, 6.07) is 3.68. The molecule has 1 rings (SSSR count). The van der Waals surface area contributed by atoms with E-state index in [0.717, 1.165) is 24.1 Å². The van der Waals surface area contributed by atoms with Gasteiger partial charge in [0.05, 0.1) is 0 Å². The van der Waals surface area contributed by atoms with Crippen molar-refractivity contribution in [3.05, 3.63) is 40.7 Å². The summed E-state index contributed by atoms with van der Waals surface area (Å²) < 4.78 is 0. The first-order valence-electron chi connectivity index (χ1n) is 6.12. The summed E-state index contributed by atoms with van der Waals surface area (Å²) in [7, 11) is 0. The van der Waals surface area contributed by atoms with Crippen LogP contribution in [0.3, 0.4) is 0 Å². The topological polar surface area (TPSA) is 30.0 Å². The smallest absolute Gasteiger partial charge is 0.155 e. The number of nitrogens with zero attached hydrogens (tertiary/aromatic N) is 1. The lowest BCUT2D eigenvalue weighted by Gasteiger charge is -2.23. The van der Waals surface area contributed by atoms with Crippen molar-refractivity contribution in [1.82, 2.24) is 4.98 Å². The van der Waals surface area contributed by atoms with Crippen LogP contribution in [0.25, 0.3) is 0 Å². The molecule has 0 saturated heterocycles. The second-order valence-corrected chi connectivity index (χ2v) is 5.66. The van der Waals surface area contributed by atoms with Crippen LogP contribution in [0, 0.1) is 0 Å². The molecule has 18 heavy (non-hydrogen) atoms. The highest BCUT2D eigenvalue weighted by Crippen LogP contribution is 2.28. The Morgan fingerprint density at radius 1 is 1.44 bits per heavy atom. The van der Waals surface area contributed by atoms with E-state index in [-0.39, 0.29) is 11.2 Å². The van der Waals surface area contributed by atoms with E-state index in [1.165, 1.54) is 0 Å². The molecule has 0 aliphatic carbocycles. The Labute approximate surface area is 114 Å². The van der Waals surface area contributed by atoms with Gasteiger partial charge in [-0.2, -0.15) is 0 Å². The molecule has 1 aromatic heterocycles. The van der Waals surface area contributed by atoms with Crippen LogP contribution in [0.4, 0.5) is 0 Å². The number of allylic oxidation sites excluding steroid dienone is 2. The number of carbonyl (C=O) groups excluding carboxylic acids is 1. The number of ketones is 1. The monoisotopic (exact) mass is 265 g/mol. The maximum absolute atomic E-state index is 11.1. The lowest BCUT2D eigenvalue weighted by molar-refractivity contribution is -0.113. The predicted octanol–water partition coefficient (Wildman–Crippen LogP) is 4.33. The lowest BCUT2D eigenvalue weighted by Crippen LogP contribution is -2.18. The summed E-state index contributed by atoms with van der Waals surface area (Å²) in [5.74, 6) is 0.133. The van der Waals surface area contributed by atoms with Gasteiger partial charge in [0, 0.05) is 22.3 Å². The molecule has 0 fully saturated rings. The van der Waals surface area contributed by atoms with E-state index < -0.39 is 0 Å². The van der Waals surface area contributed by atoms with Crippen molar-refractivity contribution in [2.24, 2.45) is 0 Å². The second kappa shape index (κ2) is 6.14. The number of halogens is 1. The zero-order valence-electron chi connectivity index (χ0n) is 11.5. The minimum atomic E-state index is -0.0432. The Hall–Kier alpha value is -1.15. The normalized spacial score (nSPS) is 12.6. The third-order valence-corrected chi connectivity index (χ3v) is 3.43. The number of hydrogen-bond donors (Lipinski definition) is 0. The van der Waals surface area contributed by atoms with Crippen molar-refractivity contribution in [2.75, 3.05) is 0 Å². The van der Waals surface area contributed by atoms with E-state index in [1.54, 1.807) is 19.2 Å². The third kappa shape index (κ3) is 4.26. The molecule has 0 spiro atoms. The van der Waals surface area contributed by atoms with Gasteiger partial charge in [-0.1, -0.05) is 31.5 Å². The summed E-state index contributed by atoms with van der Waals surface area (Å²) >= 11 is 5.98. The molecule has 0 radical (unpaired) electrons. The van der Waals surface area contributed by atoms with Gasteiger partial charge in [0.15, 0.2) is 5.78 Å². The van der Waals surface area contributed by atoms with Gasteiger partial charge in [-0.15, -0.1) is 0 Å². The fourth-order valence-electron chi connectivity index (χ4n) is 1.70. The summed E-state index contributed by atoms with van der Waals surface area (Å²) in [4.78, 5) is 15.5. The Kier molecular flexibility index (Phi) is 5.09. The van der Waals surface area contributed by atoms with Crippen molar-refractivity contribution in [2.45, 2.75) is 46.0 Å². The minimum Gasteiger partial charge on any atom is -0.295 e. The Morgan fingerprint density at radius 2 is 2.11 bits per heavy atom. The highest BCUT2D eigenvalue weighted by molar-refractivity contribution is 6.30. The van der Waals surface area contributed by atoms with Gasteiger partial charge >= 0.3 is 0 Å². The van der Waals surface area contributed by atoms with Crippen molar-refractivity contribution in [1.29, 1.82) is 0 Å². The predicted molar refractivity (Wildman–Crippen MR) is 75.9 cm³/mol. The molecule has 0 N–H and O–H groups in total. The van der Waals surface area contributed by atoms with E-state index in [2.05, 4.69) is 18.8 Å². The maximum atomic E-state index is 11.1. The molecule has 98 valence electrons. The van der Waals surface area contributed by atoms with Crippen molar-refractivity contribution in [3.63, 3.8) is 0 Å². The third-order valence-electron chi connectivity index (χ3n) is 3.19. The SMILES string of the molecule is CC(=O)/C(C)=C/CCC(C)(C)c1cc(Cl)ccn1. The van der Waals surface area contributed by atoms with Crippen LogP contribution in [0.2, 0.25) is 5.02 Å².